The zero-order valence-corrected chi connectivity index (χ0v) is 10.1. The Labute approximate surface area is 83.5 Å². The molecular formula is C11H26N2. The first-order chi connectivity index (χ1) is 5.80. The summed E-state index contributed by atoms with van der Waals surface area (Å²) >= 11 is 0. The topological polar surface area (TPSA) is 29.3 Å². The molecule has 80 valence electrons. The molecule has 0 fully saturated rings. The molecule has 2 atom stereocenters. The van der Waals surface area contributed by atoms with Crippen molar-refractivity contribution in [2.75, 3.05) is 13.6 Å². The van der Waals surface area contributed by atoms with E-state index in [1.54, 1.807) is 0 Å². The van der Waals surface area contributed by atoms with Crippen LogP contribution in [0.5, 0.6) is 0 Å². The third kappa shape index (κ3) is 4.63. The highest BCUT2D eigenvalue weighted by atomic mass is 15.1. The van der Waals surface area contributed by atoms with Crippen LogP contribution < -0.4 is 5.73 Å². The second kappa shape index (κ2) is 4.97. The van der Waals surface area contributed by atoms with Gasteiger partial charge >= 0.3 is 0 Å². The quantitative estimate of drug-likeness (QED) is 0.712. The first-order valence-electron chi connectivity index (χ1n) is 5.29. The molecular weight excluding hydrogens is 160 g/mol. The lowest BCUT2D eigenvalue weighted by Crippen LogP contribution is -2.49. The molecule has 2 N–H and O–H groups in total. The van der Waals surface area contributed by atoms with Gasteiger partial charge in [-0.15, -0.1) is 0 Å². The van der Waals surface area contributed by atoms with Crippen molar-refractivity contribution >= 4 is 0 Å². The van der Waals surface area contributed by atoms with Gasteiger partial charge in [0.05, 0.1) is 0 Å². The number of hydrogen-bond acceptors (Lipinski definition) is 2. The summed E-state index contributed by atoms with van der Waals surface area (Å²) in [5.41, 5.74) is 6.07. The number of hydrogen-bond donors (Lipinski definition) is 1. The minimum Gasteiger partial charge on any atom is -0.324 e. The maximum Gasteiger partial charge on any atom is 0.0252 e. The molecule has 0 aromatic rings. The zero-order chi connectivity index (χ0) is 10.6. The van der Waals surface area contributed by atoms with E-state index in [0.29, 0.717) is 12.0 Å². The predicted molar refractivity (Wildman–Crippen MR) is 59.8 cm³/mol. The molecule has 2 heteroatoms. The molecule has 0 aliphatic carbocycles. The molecule has 0 aliphatic rings. The van der Waals surface area contributed by atoms with Gasteiger partial charge in [-0.1, -0.05) is 20.8 Å². The monoisotopic (exact) mass is 186 g/mol. The molecule has 0 rings (SSSR count). The summed E-state index contributed by atoms with van der Waals surface area (Å²) in [7, 11) is 2.16. The van der Waals surface area contributed by atoms with Crippen LogP contribution in [0.4, 0.5) is 0 Å². The van der Waals surface area contributed by atoms with Gasteiger partial charge in [-0.25, -0.2) is 0 Å². The minimum atomic E-state index is -0.0437. The molecule has 0 saturated carbocycles. The molecule has 0 radical (unpaired) electrons. The van der Waals surface area contributed by atoms with E-state index in [-0.39, 0.29) is 5.54 Å². The smallest absolute Gasteiger partial charge is 0.0252 e. The highest BCUT2D eigenvalue weighted by molar-refractivity contribution is 4.82. The summed E-state index contributed by atoms with van der Waals surface area (Å²) in [6, 6.07) is 0.606. The van der Waals surface area contributed by atoms with E-state index in [1.165, 1.54) is 0 Å². The average Bonchev–Trinajstić information content (AvgIpc) is 2.02. The van der Waals surface area contributed by atoms with E-state index < -0.39 is 0 Å². The van der Waals surface area contributed by atoms with Gasteiger partial charge in [0, 0.05) is 18.1 Å². The van der Waals surface area contributed by atoms with Gasteiger partial charge in [0.25, 0.3) is 0 Å². The Hall–Kier alpha value is -0.0800. The third-order valence-electron chi connectivity index (χ3n) is 3.08. The Balaban J connectivity index is 4.06. The van der Waals surface area contributed by atoms with Crippen molar-refractivity contribution in [3.8, 4) is 0 Å². The van der Waals surface area contributed by atoms with Crippen molar-refractivity contribution in [1.82, 2.24) is 4.90 Å². The largest absolute Gasteiger partial charge is 0.324 e. The van der Waals surface area contributed by atoms with Crippen molar-refractivity contribution < 1.29 is 0 Å². The van der Waals surface area contributed by atoms with E-state index in [2.05, 4.69) is 46.6 Å². The van der Waals surface area contributed by atoms with Crippen molar-refractivity contribution in [3.05, 3.63) is 0 Å². The van der Waals surface area contributed by atoms with Crippen molar-refractivity contribution in [2.45, 2.75) is 52.6 Å². The second-order valence-corrected chi connectivity index (χ2v) is 4.91. The fraction of sp³-hybridized carbons (Fsp3) is 1.00. The maximum atomic E-state index is 6.11. The fourth-order valence-electron chi connectivity index (χ4n) is 1.33. The minimum absolute atomic E-state index is 0.0437. The highest BCUT2D eigenvalue weighted by Gasteiger charge is 2.22. The Kier molecular flexibility index (Phi) is 4.93. The number of likely N-dealkylation sites (N-methyl/N-ethyl adjacent to an activating group) is 1. The van der Waals surface area contributed by atoms with Crippen LogP contribution in [0, 0.1) is 5.92 Å². The van der Waals surface area contributed by atoms with Crippen LogP contribution in [0.25, 0.3) is 0 Å². The van der Waals surface area contributed by atoms with Crippen LogP contribution in [0.2, 0.25) is 0 Å². The second-order valence-electron chi connectivity index (χ2n) is 4.91. The van der Waals surface area contributed by atoms with Crippen LogP contribution in [-0.2, 0) is 0 Å². The molecule has 0 aromatic heterocycles. The molecule has 0 saturated heterocycles. The number of nitrogens with two attached hydrogens (primary N) is 1. The van der Waals surface area contributed by atoms with Crippen molar-refractivity contribution in [1.29, 1.82) is 0 Å². The standard InChI is InChI=1S/C11H26N2/c1-7-11(5,12)8-13(6)10(4)9(2)3/h9-10H,7-8,12H2,1-6H3. The van der Waals surface area contributed by atoms with Gasteiger partial charge in [0.15, 0.2) is 0 Å². The van der Waals surface area contributed by atoms with E-state index in [9.17, 15) is 0 Å². The summed E-state index contributed by atoms with van der Waals surface area (Å²) in [4.78, 5) is 2.36. The lowest BCUT2D eigenvalue weighted by molar-refractivity contribution is 0.167. The fourth-order valence-corrected chi connectivity index (χ4v) is 1.33. The molecule has 0 aromatic carbocycles. The van der Waals surface area contributed by atoms with Gasteiger partial charge < -0.3 is 10.6 Å². The van der Waals surface area contributed by atoms with E-state index in [1.807, 2.05) is 0 Å². The normalized spacial score (nSPS) is 19.2. The molecule has 0 heterocycles. The molecule has 0 aliphatic heterocycles. The summed E-state index contributed by atoms with van der Waals surface area (Å²) in [6.07, 6.45) is 1.03. The number of rotatable bonds is 5. The van der Waals surface area contributed by atoms with Gasteiger partial charge in [-0.2, -0.15) is 0 Å². The van der Waals surface area contributed by atoms with Crippen LogP contribution >= 0.6 is 0 Å². The van der Waals surface area contributed by atoms with E-state index in [0.717, 1.165) is 13.0 Å². The van der Waals surface area contributed by atoms with Crippen LogP contribution in [0.15, 0.2) is 0 Å². The van der Waals surface area contributed by atoms with Crippen LogP contribution in [0.3, 0.4) is 0 Å². The SMILES string of the molecule is CCC(C)(N)CN(C)C(C)C(C)C. The Morgan fingerprint density at radius 1 is 1.31 bits per heavy atom. The molecule has 0 spiro atoms. The lowest BCUT2D eigenvalue weighted by Gasteiger charge is -2.34. The Morgan fingerprint density at radius 3 is 2.08 bits per heavy atom. The zero-order valence-electron chi connectivity index (χ0n) is 10.1. The molecule has 13 heavy (non-hydrogen) atoms. The number of nitrogens with zero attached hydrogens (tertiary/aromatic N) is 1. The predicted octanol–water partition coefficient (Wildman–Crippen LogP) is 2.09. The Morgan fingerprint density at radius 2 is 1.77 bits per heavy atom. The lowest BCUT2D eigenvalue weighted by atomic mass is 9.97. The first-order valence-corrected chi connectivity index (χ1v) is 5.29. The first kappa shape index (κ1) is 12.9. The van der Waals surface area contributed by atoms with E-state index >= 15 is 0 Å². The molecule has 0 bridgehead atoms. The average molecular weight is 186 g/mol. The highest BCUT2D eigenvalue weighted by Crippen LogP contribution is 2.13. The molecule has 0 amide bonds. The molecule has 2 nitrogen and oxygen atoms in total. The van der Waals surface area contributed by atoms with Crippen LogP contribution in [0.1, 0.15) is 41.0 Å². The summed E-state index contributed by atoms with van der Waals surface area (Å²) in [5.74, 6) is 0.692. The summed E-state index contributed by atoms with van der Waals surface area (Å²) < 4.78 is 0. The maximum absolute atomic E-state index is 6.11. The van der Waals surface area contributed by atoms with Gasteiger partial charge in [0.1, 0.15) is 0 Å². The molecule has 2 unspecified atom stereocenters. The summed E-state index contributed by atoms with van der Waals surface area (Å²) in [5, 5.41) is 0. The van der Waals surface area contributed by atoms with Crippen molar-refractivity contribution in [3.63, 3.8) is 0 Å². The Bertz CT molecular complexity index is 141. The third-order valence-corrected chi connectivity index (χ3v) is 3.08. The van der Waals surface area contributed by atoms with E-state index in [4.69, 9.17) is 5.73 Å². The van der Waals surface area contributed by atoms with Gasteiger partial charge in [0.2, 0.25) is 0 Å². The van der Waals surface area contributed by atoms with Gasteiger partial charge in [-0.05, 0) is 33.2 Å². The van der Waals surface area contributed by atoms with Crippen molar-refractivity contribution in [2.24, 2.45) is 11.7 Å². The van der Waals surface area contributed by atoms with Gasteiger partial charge in [-0.3, -0.25) is 0 Å². The van der Waals surface area contributed by atoms with Crippen LogP contribution in [-0.4, -0.2) is 30.1 Å². The summed E-state index contributed by atoms with van der Waals surface area (Å²) in [6.45, 7) is 12.0.